The number of methoxy groups -OCH3 is 1. The number of esters is 2. The van der Waals surface area contributed by atoms with Crippen LogP contribution in [-0.4, -0.2) is 72.0 Å². The van der Waals surface area contributed by atoms with Crippen molar-refractivity contribution in [3.63, 3.8) is 0 Å². The normalized spacial score (nSPS) is 41.8. The average Bonchev–Trinajstić information content (AvgIpc) is 3.38. The fourth-order valence-corrected chi connectivity index (χ4v) is 8.24. The molecule has 2 fully saturated rings. The highest BCUT2D eigenvalue weighted by atomic mass is 79.9. The highest BCUT2D eigenvalue weighted by Crippen LogP contribution is 2.62. The van der Waals surface area contributed by atoms with Crippen molar-refractivity contribution in [3.8, 4) is 0 Å². The molecule has 12 atom stereocenters. The van der Waals surface area contributed by atoms with Gasteiger partial charge in [0.15, 0.2) is 4.67 Å². The van der Waals surface area contributed by atoms with Gasteiger partial charge in [-0.3, -0.25) is 4.79 Å². The van der Waals surface area contributed by atoms with E-state index in [9.17, 15) is 19.8 Å². The number of aliphatic hydroxyl groups excluding tert-OH is 2. The summed E-state index contributed by atoms with van der Waals surface area (Å²) in [4.78, 5) is 26.9. The zero-order valence-electron chi connectivity index (χ0n) is 23.8. The number of hydrogen-bond donors (Lipinski definition) is 2. The number of cyclic esters (lactones) is 1. The molecule has 0 radical (unpaired) electrons. The summed E-state index contributed by atoms with van der Waals surface area (Å²) in [5.41, 5.74) is -0.184. The fourth-order valence-electron chi connectivity index (χ4n) is 7.66. The highest BCUT2D eigenvalue weighted by molar-refractivity contribution is 9.13. The van der Waals surface area contributed by atoms with Gasteiger partial charge in [-0.25, -0.2) is 4.79 Å². The molecule has 1 spiro atoms. The van der Waals surface area contributed by atoms with Crippen LogP contribution in [0.25, 0.3) is 0 Å². The van der Waals surface area contributed by atoms with Crippen LogP contribution in [0.3, 0.4) is 0 Å². The Morgan fingerprint density at radius 3 is 2.59 bits per heavy atom. The van der Waals surface area contributed by atoms with Gasteiger partial charge in [0.2, 0.25) is 5.76 Å². The zero-order valence-corrected chi connectivity index (χ0v) is 27.0. The molecule has 0 aromatic carbocycles. The summed E-state index contributed by atoms with van der Waals surface area (Å²) < 4.78 is 31.0. The lowest BCUT2D eigenvalue weighted by Gasteiger charge is -2.49. The number of hydrogen-bond acceptors (Lipinski definition) is 9. The Labute approximate surface area is 256 Å². The van der Waals surface area contributed by atoms with Gasteiger partial charge < -0.3 is 33.6 Å². The number of carbonyl (C=O) groups is 2. The predicted molar refractivity (Wildman–Crippen MR) is 155 cm³/mol. The molecule has 1 saturated heterocycles. The minimum atomic E-state index is -1.05. The van der Waals surface area contributed by atoms with Gasteiger partial charge in [-0.1, -0.05) is 39.0 Å². The molecule has 2 aliphatic carbocycles. The number of ether oxygens (including phenoxy) is 4. The number of halogens is 2. The van der Waals surface area contributed by atoms with Gasteiger partial charge in [0.05, 0.1) is 29.2 Å². The van der Waals surface area contributed by atoms with Gasteiger partial charge in [0.25, 0.3) is 0 Å². The second-order valence-corrected chi connectivity index (χ2v) is 13.3. The van der Waals surface area contributed by atoms with Crippen LogP contribution in [0, 0.1) is 35.5 Å². The molecule has 11 heteroatoms. The van der Waals surface area contributed by atoms with Gasteiger partial charge >= 0.3 is 11.9 Å². The van der Waals surface area contributed by atoms with Crippen molar-refractivity contribution in [2.24, 2.45) is 35.5 Å². The second kappa shape index (κ2) is 11.9. The van der Waals surface area contributed by atoms with E-state index >= 15 is 0 Å². The van der Waals surface area contributed by atoms with Crippen molar-refractivity contribution in [1.82, 2.24) is 0 Å². The maximum absolute atomic E-state index is 13.7. The van der Waals surface area contributed by atoms with E-state index in [1.165, 1.54) is 6.07 Å². The molecule has 3 heterocycles. The van der Waals surface area contributed by atoms with Crippen LogP contribution < -0.4 is 0 Å². The summed E-state index contributed by atoms with van der Waals surface area (Å²) in [6.07, 6.45) is 3.01. The maximum atomic E-state index is 13.7. The number of aliphatic hydroxyl groups is 2. The summed E-state index contributed by atoms with van der Waals surface area (Å²) in [6, 6.07) is 1.52. The molecule has 2 aliphatic heterocycles. The van der Waals surface area contributed by atoms with Crippen molar-refractivity contribution in [1.29, 1.82) is 0 Å². The topological polar surface area (TPSA) is 125 Å². The van der Waals surface area contributed by atoms with Crippen LogP contribution in [0.15, 0.2) is 43.4 Å². The van der Waals surface area contributed by atoms with Gasteiger partial charge in [0, 0.05) is 42.8 Å². The third-order valence-electron chi connectivity index (χ3n) is 9.53. The van der Waals surface area contributed by atoms with E-state index < -0.39 is 71.7 Å². The van der Waals surface area contributed by atoms with Crippen LogP contribution in [-0.2, 0) is 23.7 Å². The molecule has 9 nitrogen and oxygen atoms in total. The van der Waals surface area contributed by atoms with Gasteiger partial charge in [-0.05, 0) is 57.2 Å². The quantitative estimate of drug-likeness (QED) is 0.304. The molecule has 0 unspecified atom stereocenters. The summed E-state index contributed by atoms with van der Waals surface area (Å²) in [5.74, 6) is -3.64. The molecule has 1 aromatic heterocycles. The molecule has 1 aromatic rings. The van der Waals surface area contributed by atoms with Gasteiger partial charge in [0.1, 0.15) is 23.9 Å². The lowest BCUT2D eigenvalue weighted by atomic mass is 9.56. The van der Waals surface area contributed by atoms with Crippen LogP contribution in [0.1, 0.15) is 51.1 Å². The molecular weight excluding hydrogens is 664 g/mol. The Morgan fingerprint density at radius 2 is 1.98 bits per heavy atom. The van der Waals surface area contributed by atoms with E-state index in [1.807, 2.05) is 45.9 Å². The molecule has 4 aliphatic rings. The lowest BCUT2D eigenvalue weighted by molar-refractivity contribution is -0.168. The largest absolute Gasteiger partial charge is 0.459 e. The Bertz CT molecular complexity index is 1210. The molecule has 2 N–H and O–H groups in total. The van der Waals surface area contributed by atoms with Gasteiger partial charge in [-0.15, -0.1) is 0 Å². The first-order valence-electron chi connectivity index (χ1n) is 14.3. The lowest BCUT2D eigenvalue weighted by Crippen LogP contribution is -2.59. The van der Waals surface area contributed by atoms with Gasteiger partial charge in [-0.2, -0.15) is 0 Å². The Balaban J connectivity index is 1.60. The third-order valence-corrected chi connectivity index (χ3v) is 11.2. The molecule has 1 saturated carbocycles. The summed E-state index contributed by atoms with van der Waals surface area (Å²) in [5, 5.41) is 22.8. The molecule has 226 valence electrons. The summed E-state index contributed by atoms with van der Waals surface area (Å²) in [7, 11) is 1.54. The SMILES string of the molecule is CC[C@@H](O)[C@H]1OC(=O)[C@H](CC)[C@H]2C=C[C@H]3[C@H]4O[C@]2(/C(C)=C/[C@H]1C)[C@@H]3[C@H](O)[C@@H](COC)[C@H]4OC(=O)c1cc(Br)c(Br)o1. The minimum Gasteiger partial charge on any atom is -0.459 e. The third kappa shape index (κ3) is 4.98. The van der Waals surface area contributed by atoms with Crippen molar-refractivity contribution < 1.29 is 43.2 Å². The van der Waals surface area contributed by atoms with Crippen LogP contribution in [0.5, 0.6) is 0 Å². The molecule has 0 amide bonds. The minimum absolute atomic E-state index is 0.00531. The summed E-state index contributed by atoms with van der Waals surface area (Å²) in [6.45, 7) is 7.82. The van der Waals surface area contributed by atoms with Crippen LogP contribution in [0.4, 0.5) is 0 Å². The van der Waals surface area contributed by atoms with Crippen LogP contribution >= 0.6 is 31.9 Å². The number of rotatable bonds is 7. The van der Waals surface area contributed by atoms with Crippen LogP contribution in [0.2, 0.25) is 0 Å². The zero-order chi connectivity index (χ0) is 29.8. The van der Waals surface area contributed by atoms with E-state index in [2.05, 4.69) is 31.9 Å². The Kier molecular flexibility index (Phi) is 8.97. The second-order valence-electron chi connectivity index (χ2n) is 11.7. The fraction of sp³-hybridized carbons (Fsp3) is 0.667. The monoisotopic (exact) mass is 700 g/mol. The van der Waals surface area contributed by atoms with Crippen molar-refractivity contribution in [2.45, 2.75) is 76.7 Å². The smallest absolute Gasteiger partial charge is 0.374 e. The predicted octanol–water partition coefficient (Wildman–Crippen LogP) is 4.83. The first-order valence-corrected chi connectivity index (χ1v) is 15.8. The standard InChI is InChI=1S/C30H38Br2O9/c1-6-15-18-9-8-16-22-23(34)17(12-37-5)25(40-29(36)21-11-19(31)27(32)38-21)26(16)41-30(18,22)14(4)10-13(3)24(20(33)7-2)39-28(15)35/h8-11,13,15-18,20,22-26,33-34H,6-7,12H2,1-5H3/b14-10+/t13-,15-,16-,17-,18-,20-,22+,23-,24+,25-,26-,30+/m1/s1. The molecule has 5 rings (SSSR count). The van der Waals surface area contributed by atoms with E-state index in [1.54, 1.807) is 7.11 Å². The van der Waals surface area contributed by atoms with Crippen molar-refractivity contribution in [3.05, 3.63) is 44.8 Å². The first-order chi connectivity index (χ1) is 19.5. The van der Waals surface area contributed by atoms with E-state index in [0.717, 1.165) is 5.57 Å². The highest BCUT2D eigenvalue weighted by Gasteiger charge is 2.70. The van der Waals surface area contributed by atoms with Crippen molar-refractivity contribution >= 4 is 43.8 Å². The van der Waals surface area contributed by atoms with E-state index in [4.69, 9.17) is 23.4 Å². The van der Waals surface area contributed by atoms with E-state index in [0.29, 0.717) is 22.0 Å². The molecule has 41 heavy (non-hydrogen) atoms. The average molecular weight is 702 g/mol. The number of furan rings is 1. The maximum Gasteiger partial charge on any atom is 0.374 e. The van der Waals surface area contributed by atoms with Crippen molar-refractivity contribution in [2.75, 3.05) is 13.7 Å². The number of carbonyl (C=O) groups excluding carboxylic acids is 2. The molecule has 4 bridgehead atoms. The Morgan fingerprint density at radius 1 is 1.24 bits per heavy atom. The van der Waals surface area contributed by atoms with E-state index in [-0.39, 0.29) is 24.2 Å². The summed E-state index contributed by atoms with van der Waals surface area (Å²) >= 11 is 6.58. The molecular formula is C30H38Br2O9. The first kappa shape index (κ1) is 30.9. The Hall–Kier alpha value is -1.50.